The number of nitrogens with zero attached hydrogens (tertiary/aromatic N) is 2. The minimum Gasteiger partial charge on any atom is -0.302 e. The molecule has 2 heterocycles. The van der Waals surface area contributed by atoms with Crippen molar-refractivity contribution in [3.05, 3.63) is 35.5 Å². The van der Waals surface area contributed by atoms with Crippen molar-refractivity contribution in [1.82, 2.24) is 15.1 Å². The Morgan fingerprint density at radius 2 is 2.24 bits per heavy atom. The molecule has 1 N–H and O–H groups in total. The van der Waals surface area contributed by atoms with Gasteiger partial charge in [0.1, 0.15) is 0 Å². The maximum absolute atomic E-state index is 4.09. The van der Waals surface area contributed by atoms with Crippen LogP contribution in [0, 0.1) is 6.92 Å². The number of hydrogen-bond acceptors (Lipinski definition) is 2. The maximum atomic E-state index is 4.09. The van der Waals surface area contributed by atoms with Gasteiger partial charge in [0, 0.05) is 18.5 Å². The van der Waals surface area contributed by atoms with Crippen LogP contribution in [0.2, 0.25) is 0 Å². The van der Waals surface area contributed by atoms with Gasteiger partial charge in [-0.2, -0.15) is 5.10 Å². The number of fused-ring (bicyclic) bond motifs is 1. The van der Waals surface area contributed by atoms with E-state index >= 15 is 0 Å². The Bertz CT molecular complexity index is 580. The van der Waals surface area contributed by atoms with Crippen LogP contribution < -0.4 is 0 Å². The van der Waals surface area contributed by atoms with Gasteiger partial charge in [0.2, 0.25) is 0 Å². The van der Waals surface area contributed by atoms with Gasteiger partial charge < -0.3 is 4.90 Å². The first-order chi connectivity index (χ1) is 8.24. The van der Waals surface area contributed by atoms with E-state index in [9.17, 15) is 0 Å². The largest absolute Gasteiger partial charge is 0.302 e. The molecule has 0 spiro atoms. The standard InChI is InChI=1S/C14H17N3/c1-10-6-12-8-15-16-14(12)7-13(10)11-4-3-5-17(2)9-11/h4,6-8H,3,5,9H2,1-2H3,(H,15,16). The molecule has 3 nitrogen and oxygen atoms in total. The van der Waals surface area contributed by atoms with E-state index in [1.54, 1.807) is 0 Å². The molecule has 3 rings (SSSR count). The number of likely N-dealkylation sites (N-methyl/N-ethyl adjacent to an activating group) is 1. The lowest BCUT2D eigenvalue weighted by atomic mass is 9.96. The predicted molar refractivity (Wildman–Crippen MR) is 70.9 cm³/mol. The van der Waals surface area contributed by atoms with Crippen molar-refractivity contribution in [1.29, 1.82) is 0 Å². The Hall–Kier alpha value is -1.61. The molecule has 1 aliphatic heterocycles. The van der Waals surface area contributed by atoms with Crippen molar-refractivity contribution in [2.75, 3.05) is 20.1 Å². The maximum Gasteiger partial charge on any atom is 0.0656 e. The Morgan fingerprint density at radius 3 is 3.06 bits per heavy atom. The second-order valence-corrected chi connectivity index (χ2v) is 4.88. The molecule has 0 saturated heterocycles. The molecular weight excluding hydrogens is 210 g/mol. The Balaban J connectivity index is 2.09. The quantitative estimate of drug-likeness (QED) is 0.812. The van der Waals surface area contributed by atoms with Crippen molar-refractivity contribution >= 4 is 16.5 Å². The summed E-state index contributed by atoms with van der Waals surface area (Å²) in [5, 5.41) is 8.33. The summed E-state index contributed by atoms with van der Waals surface area (Å²) in [4.78, 5) is 2.37. The number of aromatic nitrogens is 2. The lowest BCUT2D eigenvalue weighted by Crippen LogP contribution is -2.25. The third-order valence-corrected chi connectivity index (χ3v) is 3.47. The van der Waals surface area contributed by atoms with Crippen LogP contribution in [0.4, 0.5) is 0 Å². The highest BCUT2D eigenvalue weighted by Gasteiger charge is 2.13. The van der Waals surface area contributed by atoms with Gasteiger partial charge in [-0.15, -0.1) is 0 Å². The van der Waals surface area contributed by atoms with Gasteiger partial charge in [0.25, 0.3) is 0 Å². The molecule has 0 unspecified atom stereocenters. The second-order valence-electron chi connectivity index (χ2n) is 4.88. The topological polar surface area (TPSA) is 31.9 Å². The van der Waals surface area contributed by atoms with Gasteiger partial charge in [-0.05, 0) is 49.2 Å². The van der Waals surface area contributed by atoms with Crippen LogP contribution in [-0.2, 0) is 0 Å². The van der Waals surface area contributed by atoms with E-state index in [1.165, 1.54) is 22.1 Å². The zero-order chi connectivity index (χ0) is 11.8. The van der Waals surface area contributed by atoms with E-state index in [4.69, 9.17) is 0 Å². The number of aromatic amines is 1. The lowest BCUT2D eigenvalue weighted by molar-refractivity contribution is 0.373. The number of rotatable bonds is 1. The zero-order valence-corrected chi connectivity index (χ0v) is 10.3. The molecule has 1 aromatic heterocycles. The smallest absolute Gasteiger partial charge is 0.0656 e. The highest BCUT2D eigenvalue weighted by Crippen LogP contribution is 2.26. The first-order valence-electron chi connectivity index (χ1n) is 6.06. The van der Waals surface area contributed by atoms with E-state index in [1.807, 2.05) is 6.20 Å². The average Bonchev–Trinajstić information content (AvgIpc) is 2.75. The zero-order valence-electron chi connectivity index (χ0n) is 10.3. The molecule has 0 bridgehead atoms. The van der Waals surface area contributed by atoms with Crippen molar-refractivity contribution in [2.24, 2.45) is 0 Å². The summed E-state index contributed by atoms with van der Waals surface area (Å²) in [7, 11) is 2.18. The molecule has 0 atom stereocenters. The van der Waals surface area contributed by atoms with Crippen LogP contribution in [-0.4, -0.2) is 35.2 Å². The fourth-order valence-electron chi connectivity index (χ4n) is 2.54. The summed E-state index contributed by atoms with van der Waals surface area (Å²) in [6.07, 6.45) is 5.39. The van der Waals surface area contributed by atoms with Gasteiger partial charge in [-0.1, -0.05) is 6.08 Å². The van der Waals surface area contributed by atoms with Gasteiger partial charge in [0.05, 0.1) is 11.7 Å². The number of benzene rings is 1. The predicted octanol–water partition coefficient (Wildman–Crippen LogP) is 2.59. The highest BCUT2D eigenvalue weighted by molar-refractivity contribution is 5.85. The van der Waals surface area contributed by atoms with Gasteiger partial charge in [0.15, 0.2) is 0 Å². The minimum absolute atomic E-state index is 1.04. The summed E-state index contributed by atoms with van der Waals surface area (Å²) in [5.74, 6) is 0. The Morgan fingerprint density at radius 1 is 1.35 bits per heavy atom. The molecule has 88 valence electrons. The molecule has 1 aromatic carbocycles. The highest BCUT2D eigenvalue weighted by atomic mass is 15.1. The van der Waals surface area contributed by atoms with E-state index in [-0.39, 0.29) is 0 Å². The monoisotopic (exact) mass is 227 g/mol. The lowest BCUT2D eigenvalue weighted by Gasteiger charge is -2.24. The Kier molecular flexibility index (Phi) is 2.48. The second kappa shape index (κ2) is 4.00. The molecule has 0 fully saturated rings. The van der Waals surface area contributed by atoms with Crippen molar-refractivity contribution in [3.8, 4) is 0 Å². The van der Waals surface area contributed by atoms with Crippen molar-refractivity contribution < 1.29 is 0 Å². The third-order valence-electron chi connectivity index (χ3n) is 3.47. The Labute approximate surface area is 101 Å². The van der Waals surface area contributed by atoms with E-state index in [0.717, 1.165) is 25.0 Å². The van der Waals surface area contributed by atoms with Crippen LogP contribution in [0.25, 0.3) is 16.5 Å². The molecule has 0 amide bonds. The molecular formula is C14H17N3. The molecule has 0 aliphatic carbocycles. The molecule has 0 saturated carbocycles. The fraction of sp³-hybridized carbons (Fsp3) is 0.357. The number of H-pyrrole nitrogens is 1. The van der Waals surface area contributed by atoms with Crippen molar-refractivity contribution in [2.45, 2.75) is 13.3 Å². The normalized spacial score (nSPS) is 17.4. The summed E-state index contributed by atoms with van der Waals surface area (Å²) < 4.78 is 0. The van der Waals surface area contributed by atoms with Gasteiger partial charge in [-0.25, -0.2) is 0 Å². The summed E-state index contributed by atoms with van der Waals surface area (Å²) >= 11 is 0. The van der Waals surface area contributed by atoms with E-state index in [2.05, 4.69) is 47.3 Å². The molecule has 1 aliphatic rings. The molecule has 0 radical (unpaired) electrons. The van der Waals surface area contributed by atoms with Crippen LogP contribution >= 0.6 is 0 Å². The molecule has 17 heavy (non-hydrogen) atoms. The summed E-state index contributed by atoms with van der Waals surface area (Å²) in [5.41, 5.74) is 5.25. The SMILES string of the molecule is Cc1cc2cn[nH]c2cc1C1=CCCN(C)C1. The van der Waals surface area contributed by atoms with Crippen LogP contribution in [0.5, 0.6) is 0 Å². The average molecular weight is 227 g/mol. The summed E-state index contributed by atoms with van der Waals surface area (Å²) in [6.45, 7) is 4.38. The first-order valence-corrected chi connectivity index (χ1v) is 6.06. The number of nitrogens with one attached hydrogen (secondary N) is 1. The first kappa shape index (κ1) is 10.5. The molecule has 3 heteroatoms. The van der Waals surface area contributed by atoms with Crippen LogP contribution in [0.1, 0.15) is 17.5 Å². The van der Waals surface area contributed by atoms with Crippen molar-refractivity contribution in [3.63, 3.8) is 0 Å². The number of aryl methyl sites for hydroxylation is 1. The van der Waals surface area contributed by atoms with Crippen LogP contribution in [0.3, 0.4) is 0 Å². The van der Waals surface area contributed by atoms with E-state index in [0.29, 0.717) is 0 Å². The summed E-state index contributed by atoms with van der Waals surface area (Å²) in [6, 6.07) is 4.44. The minimum atomic E-state index is 1.04. The van der Waals surface area contributed by atoms with Gasteiger partial charge >= 0.3 is 0 Å². The fourth-order valence-corrected chi connectivity index (χ4v) is 2.54. The molecule has 2 aromatic rings. The van der Waals surface area contributed by atoms with E-state index < -0.39 is 0 Å². The third kappa shape index (κ3) is 1.87. The van der Waals surface area contributed by atoms with Gasteiger partial charge in [-0.3, -0.25) is 5.10 Å². The number of hydrogen-bond donors (Lipinski definition) is 1. The van der Waals surface area contributed by atoms with Crippen LogP contribution in [0.15, 0.2) is 24.4 Å².